The number of benzene rings is 2. The van der Waals surface area contributed by atoms with E-state index in [4.69, 9.17) is 13.9 Å². The summed E-state index contributed by atoms with van der Waals surface area (Å²) in [5.74, 6) is 1.25. The molecule has 1 aromatic heterocycles. The largest absolute Gasteiger partial charge is 0.485 e. The third-order valence-electron chi connectivity index (χ3n) is 6.90. The number of carbonyl (C=O) groups excluding carboxylic acids is 1. The molecular formula is C26H26N2O5. The summed E-state index contributed by atoms with van der Waals surface area (Å²) in [6.45, 7) is 3.61. The minimum absolute atomic E-state index is 0.0366. The summed E-state index contributed by atoms with van der Waals surface area (Å²) in [6.07, 6.45) is 2.68. The number of hydrogen-bond donors (Lipinski definition) is 0. The molecule has 2 aromatic carbocycles. The van der Waals surface area contributed by atoms with E-state index in [-0.39, 0.29) is 18.1 Å². The van der Waals surface area contributed by atoms with E-state index in [2.05, 4.69) is 11.0 Å². The first-order valence-electron chi connectivity index (χ1n) is 11.6. The maximum absolute atomic E-state index is 13.0. The monoisotopic (exact) mass is 446 g/mol. The van der Waals surface area contributed by atoms with E-state index in [0.717, 1.165) is 43.3 Å². The number of hydrogen-bond acceptors (Lipinski definition) is 6. The summed E-state index contributed by atoms with van der Waals surface area (Å²) in [5.41, 5.74) is 4.03. The maximum atomic E-state index is 13.0. The third kappa shape index (κ3) is 3.86. The number of rotatable bonds is 3. The van der Waals surface area contributed by atoms with Crippen molar-refractivity contribution in [1.82, 2.24) is 9.80 Å². The Morgan fingerprint density at radius 1 is 0.970 bits per heavy atom. The fourth-order valence-electron chi connectivity index (χ4n) is 5.14. The highest BCUT2D eigenvalue weighted by molar-refractivity contribution is 5.83. The molecule has 0 unspecified atom stereocenters. The zero-order chi connectivity index (χ0) is 22.4. The van der Waals surface area contributed by atoms with Crippen LogP contribution in [0.5, 0.6) is 11.5 Å². The fourth-order valence-corrected chi connectivity index (χ4v) is 5.14. The molecule has 0 N–H and O–H groups in total. The van der Waals surface area contributed by atoms with Crippen molar-refractivity contribution in [2.24, 2.45) is 0 Å². The van der Waals surface area contributed by atoms with Crippen molar-refractivity contribution in [2.45, 2.75) is 31.9 Å². The number of para-hydroxylation sites is 2. The van der Waals surface area contributed by atoms with Crippen LogP contribution in [0.15, 0.2) is 51.7 Å². The molecule has 170 valence electrons. The van der Waals surface area contributed by atoms with E-state index in [9.17, 15) is 9.59 Å². The average Bonchev–Trinajstić information content (AvgIpc) is 3.30. The molecule has 6 rings (SSSR count). The smallest absolute Gasteiger partial charge is 0.336 e. The maximum Gasteiger partial charge on any atom is 0.336 e. The second-order valence-electron chi connectivity index (χ2n) is 9.03. The second-order valence-corrected chi connectivity index (χ2v) is 9.03. The van der Waals surface area contributed by atoms with Crippen molar-refractivity contribution in [3.63, 3.8) is 0 Å². The lowest BCUT2D eigenvalue weighted by atomic mass is 10.0. The minimum Gasteiger partial charge on any atom is -0.485 e. The van der Waals surface area contributed by atoms with Crippen LogP contribution in [0.1, 0.15) is 23.1 Å². The van der Waals surface area contributed by atoms with Gasteiger partial charge >= 0.3 is 5.63 Å². The van der Waals surface area contributed by atoms with Crippen LogP contribution in [-0.4, -0.2) is 54.6 Å². The standard InChI is InChI=1S/C26H26N2O5/c29-25-14-19(20-12-17-4-3-5-18(17)13-23(20)33-25)15-27-8-10-28(11-9-27)26(30)24-16-31-21-6-1-2-7-22(21)32-24/h1-2,6-7,12-14,24H,3-5,8-11,15-16H2/t24-/m1/s1. The van der Waals surface area contributed by atoms with Crippen LogP contribution < -0.4 is 15.1 Å². The number of fused-ring (bicyclic) bond motifs is 3. The van der Waals surface area contributed by atoms with Crippen LogP contribution in [-0.2, 0) is 24.2 Å². The van der Waals surface area contributed by atoms with Crippen LogP contribution in [0.2, 0.25) is 0 Å². The molecule has 3 heterocycles. The molecule has 0 saturated carbocycles. The van der Waals surface area contributed by atoms with Crippen molar-refractivity contribution >= 4 is 16.9 Å². The molecule has 1 saturated heterocycles. The van der Waals surface area contributed by atoms with Gasteiger partial charge in [0.1, 0.15) is 12.2 Å². The van der Waals surface area contributed by atoms with Gasteiger partial charge < -0.3 is 18.8 Å². The molecule has 3 aliphatic rings. The third-order valence-corrected chi connectivity index (χ3v) is 6.90. The first kappa shape index (κ1) is 20.3. The predicted octanol–water partition coefficient (Wildman–Crippen LogP) is 2.77. The Labute approximate surface area is 191 Å². The highest BCUT2D eigenvalue weighted by Crippen LogP contribution is 2.32. The van der Waals surface area contributed by atoms with Crippen molar-refractivity contribution in [1.29, 1.82) is 0 Å². The van der Waals surface area contributed by atoms with Crippen molar-refractivity contribution in [2.75, 3.05) is 32.8 Å². The summed E-state index contributed by atoms with van der Waals surface area (Å²) in [6, 6.07) is 13.3. The zero-order valence-corrected chi connectivity index (χ0v) is 18.4. The molecule has 0 spiro atoms. The number of ether oxygens (including phenoxy) is 2. The number of nitrogens with zero attached hydrogens (tertiary/aromatic N) is 2. The molecule has 1 atom stereocenters. The van der Waals surface area contributed by atoms with Crippen LogP contribution >= 0.6 is 0 Å². The van der Waals surface area contributed by atoms with Gasteiger partial charge in [0, 0.05) is 44.2 Å². The van der Waals surface area contributed by atoms with Gasteiger partial charge in [0.2, 0.25) is 6.10 Å². The molecule has 7 nitrogen and oxygen atoms in total. The summed E-state index contributed by atoms with van der Waals surface area (Å²) in [4.78, 5) is 29.3. The zero-order valence-electron chi connectivity index (χ0n) is 18.4. The number of aryl methyl sites for hydroxylation is 2. The number of carbonyl (C=O) groups is 1. The molecule has 0 radical (unpaired) electrons. The van der Waals surface area contributed by atoms with Crippen molar-refractivity contribution < 1.29 is 18.7 Å². The first-order chi connectivity index (χ1) is 16.1. The van der Waals surface area contributed by atoms with E-state index in [0.29, 0.717) is 36.7 Å². The van der Waals surface area contributed by atoms with E-state index in [1.54, 1.807) is 6.07 Å². The van der Waals surface area contributed by atoms with Gasteiger partial charge in [-0.25, -0.2) is 4.79 Å². The second kappa shape index (κ2) is 8.23. The minimum atomic E-state index is -0.615. The Bertz CT molecular complexity index is 1280. The van der Waals surface area contributed by atoms with Crippen molar-refractivity contribution in [3.8, 4) is 11.5 Å². The highest BCUT2D eigenvalue weighted by atomic mass is 16.6. The number of piperazine rings is 1. The van der Waals surface area contributed by atoms with Crippen molar-refractivity contribution in [3.05, 3.63) is 69.6 Å². The van der Waals surface area contributed by atoms with Gasteiger partial charge in [-0.15, -0.1) is 0 Å². The van der Waals surface area contributed by atoms with Crippen LogP contribution in [0.3, 0.4) is 0 Å². The van der Waals surface area contributed by atoms with Gasteiger partial charge in [-0.3, -0.25) is 9.69 Å². The summed E-state index contributed by atoms with van der Waals surface area (Å²) < 4.78 is 17.1. The fraction of sp³-hybridized carbons (Fsp3) is 0.385. The molecular weight excluding hydrogens is 420 g/mol. The Morgan fingerprint density at radius 2 is 1.73 bits per heavy atom. The molecule has 1 aliphatic carbocycles. The van der Waals surface area contributed by atoms with Crippen LogP contribution in [0.25, 0.3) is 11.0 Å². The molecule has 2 aliphatic heterocycles. The first-order valence-corrected chi connectivity index (χ1v) is 11.6. The lowest BCUT2D eigenvalue weighted by molar-refractivity contribution is -0.143. The molecule has 1 amide bonds. The molecule has 0 bridgehead atoms. The molecule has 33 heavy (non-hydrogen) atoms. The van der Waals surface area contributed by atoms with Gasteiger partial charge in [-0.05, 0) is 60.2 Å². The molecule has 7 heteroatoms. The SMILES string of the molecule is O=C([C@H]1COc2ccccc2O1)N1CCN(Cc2cc(=O)oc3cc4c(cc23)CCC4)CC1. The average molecular weight is 447 g/mol. The Morgan fingerprint density at radius 3 is 2.55 bits per heavy atom. The van der Waals surface area contributed by atoms with Gasteiger partial charge in [0.25, 0.3) is 5.91 Å². The van der Waals surface area contributed by atoms with Gasteiger partial charge in [-0.1, -0.05) is 12.1 Å². The molecule has 1 fully saturated rings. The van der Waals surface area contributed by atoms with Crippen LogP contribution in [0, 0.1) is 0 Å². The topological polar surface area (TPSA) is 72.2 Å². The quantitative estimate of drug-likeness (QED) is 0.576. The van der Waals surface area contributed by atoms with Gasteiger partial charge in [0.15, 0.2) is 11.5 Å². The van der Waals surface area contributed by atoms with E-state index in [1.807, 2.05) is 35.2 Å². The van der Waals surface area contributed by atoms with E-state index >= 15 is 0 Å². The summed E-state index contributed by atoms with van der Waals surface area (Å²) in [5, 5.41) is 1.03. The Balaban J connectivity index is 1.13. The lowest BCUT2D eigenvalue weighted by Crippen LogP contribution is -2.53. The Kier molecular flexibility index (Phi) is 5.06. The summed E-state index contributed by atoms with van der Waals surface area (Å²) in [7, 11) is 0. The van der Waals surface area contributed by atoms with E-state index < -0.39 is 6.10 Å². The molecule has 3 aromatic rings. The lowest BCUT2D eigenvalue weighted by Gasteiger charge is -2.37. The van der Waals surface area contributed by atoms with Gasteiger partial charge in [0.05, 0.1) is 0 Å². The highest BCUT2D eigenvalue weighted by Gasteiger charge is 2.32. The van der Waals surface area contributed by atoms with Gasteiger partial charge in [-0.2, -0.15) is 0 Å². The normalized spacial score (nSPS) is 20.1. The predicted molar refractivity (Wildman–Crippen MR) is 123 cm³/mol. The van der Waals surface area contributed by atoms with E-state index in [1.165, 1.54) is 11.1 Å². The van der Waals surface area contributed by atoms with Crippen LogP contribution in [0.4, 0.5) is 0 Å². The summed E-state index contributed by atoms with van der Waals surface area (Å²) >= 11 is 0. The number of amides is 1. The Hall–Kier alpha value is -3.32.